The van der Waals surface area contributed by atoms with Crippen LogP contribution < -0.4 is 15.8 Å². The normalized spacial score (nSPS) is 11.2. The van der Waals surface area contributed by atoms with Crippen LogP contribution in [0, 0.1) is 0 Å². The van der Waals surface area contributed by atoms with E-state index in [9.17, 15) is 13.2 Å². The van der Waals surface area contributed by atoms with Gasteiger partial charge in [0.05, 0.1) is 5.52 Å². The lowest BCUT2D eigenvalue weighted by molar-refractivity contribution is 0.248. The number of benzene rings is 1. The highest BCUT2D eigenvalue weighted by Gasteiger charge is 2.21. The lowest BCUT2D eigenvalue weighted by Crippen LogP contribution is -2.37. The van der Waals surface area contributed by atoms with Crippen LogP contribution in [-0.2, 0) is 10.0 Å². The summed E-state index contributed by atoms with van der Waals surface area (Å²) >= 11 is 0. The molecule has 8 heteroatoms. The van der Waals surface area contributed by atoms with Gasteiger partial charge in [0.2, 0.25) is 0 Å². The lowest BCUT2D eigenvalue weighted by Gasteiger charge is -2.09. The Labute approximate surface area is 109 Å². The van der Waals surface area contributed by atoms with Crippen molar-refractivity contribution in [3.8, 4) is 0 Å². The Morgan fingerprint density at radius 2 is 2.05 bits per heavy atom. The van der Waals surface area contributed by atoms with Gasteiger partial charge in [-0.15, -0.1) is 0 Å². The number of nitrogens with two attached hydrogens (primary N) is 1. The summed E-state index contributed by atoms with van der Waals surface area (Å²) in [6.07, 6.45) is 1.46. The molecular formula is C11H12N4O3S. The van der Waals surface area contributed by atoms with E-state index in [0.717, 1.165) is 0 Å². The highest BCUT2D eigenvalue weighted by atomic mass is 32.2. The number of carbonyl (C=O) groups is 1. The molecule has 1 heterocycles. The molecule has 2 rings (SSSR count). The molecule has 1 aromatic carbocycles. The fourth-order valence-corrected chi connectivity index (χ4v) is 2.73. The van der Waals surface area contributed by atoms with E-state index in [1.54, 1.807) is 12.1 Å². The molecule has 4 N–H and O–H groups in total. The predicted molar refractivity (Wildman–Crippen MR) is 70.9 cm³/mol. The van der Waals surface area contributed by atoms with E-state index in [0.29, 0.717) is 11.1 Å². The SMILES string of the molecule is CNC(=O)NS(=O)(=O)c1ccc(N)c2cccnc12. The topological polar surface area (TPSA) is 114 Å². The van der Waals surface area contributed by atoms with Crippen LogP contribution in [0.25, 0.3) is 10.9 Å². The number of pyridine rings is 1. The number of sulfonamides is 1. The minimum absolute atomic E-state index is 0.0964. The lowest BCUT2D eigenvalue weighted by atomic mass is 10.2. The summed E-state index contributed by atoms with van der Waals surface area (Å²) in [5.74, 6) is 0. The smallest absolute Gasteiger partial charge is 0.328 e. The van der Waals surface area contributed by atoms with Gasteiger partial charge in [-0.05, 0) is 24.3 Å². The summed E-state index contributed by atoms with van der Waals surface area (Å²) in [5.41, 5.74) is 6.40. The van der Waals surface area contributed by atoms with Crippen molar-refractivity contribution < 1.29 is 13.2 Å². The number of anilines is 1. The van der Waals surface area contributed by atoms with Crippen LogP contribution in [0.5, 0.6) is 0 Å². The van der Waals surface area contributed by atoms with Gasteiger partial charge < -0.3 is 11.1 Å². The first-order valence-corrected chi connectivity index (χ1v) is 6.82. The average molecular weight is 280 g/mol. The molecule has 0 aliphatic carbocycles. The van der Waals surface area contributed by atoms with E-state index in [2.05, 4.69) is 10.3 Å². The van der Waals surface area contributed by atoms with Crippen LogP contribution in [0.1, 0.15) is 0 Å². The summed E-state index contributed by atoms with van der Waals surface area (Å²) in [6, 6.07) is 5.27. The molecule has 0 unspecified atom stereocenters. The molecule has 100 valence electrons. The number of nitrogen functional groups attached to an aromatic ring is 1. The van der Waals surface area contributed by atoms with Gasteiger partial charge in [0.25, 0.3) is 10.0 Å². The van der Waals surface area contributed by atoms with Gasteiger partial charge in [0.15, 0.2) is 0 Å². The van der Waals surface area contributed by atoms with Gasteiger partial charge in [-0.3, -0.25) is 4.98 Å². The van der Waals surface area contributed by atoms with Crippen molar-refractivity contribution >= 4 is 32.6 Å². The first-order valence-electron chi connectivity index (χ1n) is 5.33. The van der Waals surface area contributed by atoms with E-state index in [1.165, 1.54) is 25.4 Å². The molecule has 19 heavy (non-hydrogen) atoms. The Morgan fingerprint density at radius 3 is 2.74 bits per heavy atom. The molecule has 0 spiro atoms. The first-order chi connectivity index (χ1) is 8.95. The highest BCUT2D eigenvalue weighted by Crippen LogP contribution is 2.25. The van der Waals surface area contributed by atoms with Crippen LogP contribution in [-0.4, -0.2) is 26.5 Å². The molecule has 0 saturated heterocycles. The monoisotopic (exact) mass is 280 g/mol. The maximum atomic E-state index is 12.1. The van der Waals surface area contributed by atoms with Gasteiger partial charge in [-0.1, -0.05) is 0 Å². The van der Waals surface area contributed by atoms with Crippen molar-refractivity contribution in [2.24, 2.45) is 0 Å². The fourth-order valence-electron chi connectivity index (χ4n) is 1.61. The largest absolute Gasteiger partial charge is 0.398 e. The molecule has 7 nitrogen and oxygen atoms in total. The number of hydrogen-bond donors (Lipinski definition) is 3. The number of amides is 2. The zero-order valence-electron chi connectivity index (χ0n) is 10.0. The molecule has 0 radical (unpaired) electrons. The predicted octanol–water partition coefficient (Wildman–Crippen LogP) is 0.435. The summed E-state index contributed by atoms with van der Waals surface area (Å²) in [5, 5.41) is 2.69. The number of aromatic nitrogens is 1. The molecule has 2 aromatic rings. The Balaban J connectivity index is 2.64. The van der Waals surface area contributed by atoms with Crippen LogP contribution in [0.4, 0.5) is 10.5 Å². The van der Waals surface area contributed by atoms with E-state index >= 15 is 0 Å². The van der Waals surface area contributed by atoms with Crippen molar-refractivity contribution in [2.75, 3.05) is 12.8 Å². The van der Waals surface area contributed by atoms with Gasteiger partial charge >= 0.3 is 6.03 Å². The molecular weight excluding hydrogens is 268 g/mol. The fraction of sp³-hybridized carbons (Fsp3) is 0.0909. The number of rotatable bonds is 2. The van der Waals surface area contributed by atoms with E-state index in [1.807, 2.05) is 4.72 Å². The van der Waals surface area contributed by atoms with Gasteiger partial charge in [-0.25, -0.2) is 17.9 Å². The van der Waals surface area contributed by atoms with E-state index in [4.69, 9.17) is 5.73 Å². The maximum absolute atomic E-state index is 12.1. The molecule has 0 saturated carbocycles. The minimum Gasteiger partial charge on any atom is -0.398 e. The second kappa shape index (κ2) is 4.73. The Hall–Kier alpha value is -2.35. The Kier molecular flexibility index (Phi) is 3.26. The van der Waals surface area contributed by atoms with Crippen molar-refractivity contribution in [2.45, 2.75) is 4.90 Å². The zero-order chi connectivity index (χ0) is 14.0. The van der Waals surface area contributed by atoms with Crippen molar-refractivity contribution in [1.82, 2.24) is 15.0 Å². The van der Waals surface area contributed by atoms with Crippen LogP contribution >= 0.6 is 0 Å². The number of carbonyl (C=O) groups excluding carboxylic acids is 1. The highest BCUT2D eigenvalue weighted by molar-refractivity contribution is 7.90. The van der Waals surface area contributed by atoms with Crippen LogP contribution in [0.3, 0.4) is 0 Å². The Bertz CT molecular complexity index is 743. The van der Waals surface area contributed by atoms with Crippen LogP contribution in [0.2, 0.25) is 0 Å². The molecule has 1 aromatic heterocycles. The third-order valence-electron chi connectivity index (χ3n) is 2.51. The molecule has 0 fully saturated rings. The standard InChI is InChI=1S/C11H12N4O3S/c1-13-11(16)15-19(17,18)9-5-4-8(12)7-3-2-6-14-10(7)9/h2-6H,12H2,1H3,(H2,13,15,16). The third kappa shape index (κ3) is 2.43. The molecule has 0 aliphatic rings. The summed E-state index contributed by atoms with van der Waals surface area (Å²) in [4.78, 5) is 15.1. The van der Waals surface area contributed by atoms with E-state index in [-0.39, 0.29) is 10.4 Å². The van der Waals surface area contributed by atoms with E-state index < -0.39 is 16.1 Å². The molecule has 2 amide bonds. The molecule has 0 aliphatic heterocycles. The molecule has 0 atom stereocenters. The second-order valence-corrected chi connectivity index (χ2v) is 5.39. The molecule has 0 bridgehead atoms. The Morgan fingerprint density at radius 1 is 1.32 bits per heavy atom. The van der Waals surface area contributed by atoms with Gasteiger partial charge in [-0.2, -0.15) is 0 Å². The van der Waals surface area contributed by atoms with Crippen molar-refractivity contribution in [1.29, 1.82) is 0 Å². The quantitative estimate of drug-likeness (QED) is 0.690. The second-order valence-electron chi connectivity index (χ2n) is 3.74. The van der Waals surface area contributed by atoms with Gasteiger partial charge in [0, 0.05) is 24.3 Å². The first kappa shape index (κ1) is 13.1. The summed E-state index contributed by atoms with van der Waals surface area (Å²) < 4.78 is 26.0. The average Bonchev–Trinajstić information content (AvgIpc) is 2.38. The number of nitrogens with one attached hydrogen (secondary N) is 2. The maximum Gasteiger partial charge on any atom is 0.328 e. The summed E-state index contributed by atoms with van der Waals surface area (Å²) in [6.45, 7) is 0. The number of urea groups is 1. The zero-order valence-corrected chi connectivity index (χ0v) is 10.9. The van der Waals surface area contributed by atoms with Crippen LogP contribution in [0.15, 0.2) is 35.4 Å². The minimum atomic E-state index is -4.00. The number of nitrogens with zero attached hydrogens (tertiary/aromatic N) is 1. The van der Waals surface area contributed by atoms with Crippen molar-refractivity contribution in [3.63, 3.8) is 0 Å². The number of hydrogen-bond acceptors (Lipinski definition) is 5. The summed E-state index contributed by atoms with van der Waals surface area (Å²) in [7, 11) is -2.67. The number of fused-ring (bicyclic) bond motifs is 1. The third-order valence-corrected chi connectivity index (χ3v) is 3.87. The van der Waals surface area contributed by atoms with Crippen molar-refractivity contribution in [3.05, 3.63) is 30.5 Å². The van der Waals surface area contributed by atoms with Gasteiger partial charge in [0.1, 0.15) is 4.90 Å².